The van der Waals surface area contributed by atoms with Gasteiger partial charge in [0.1, 0.15) is 5.76 Å². The first kappa shape index (κ1) is 20.6. The molecule has 2 N–H and O–H groups in total. The Hall–Kier alpha value is -0.410. The molecule has 122 valence electrons. The van der Waals surface area contributed by atoms with Crippen molar-refractivity contribution in [3.63, 3.8) is 0 Å². The number of methoxy groups -OCH3 is 1. The van der Waals surface area contributed by atoms with Gasteiger partial charge >= 0.3 is 0 Å². The zero-order valence-corrected chi connectivity index (χ0v) is 15.9. The van der Waals surface area contributed by atoms with E-state index in [1.165, 1.54) is 0 Å². The highest BCUT2D eigenvalue weighted by atomic mass is 127. The van der Waals surface area contributed by atoms with Gasteiger partial charge in [0, 0.05) is 45.5 Å². The van der Waals surface area contributed by atoms with Crippen LogP contribution in [0.1, 0.15) is 12.2 Å². The first-order chi connectivity index (χ1) is 9.86. The maximum atomic E-state index is 5.31. The fourth-order valence-electron chi connectivity index (χ4n) is 1.60. The van der Waals surface area contributed by atoms with Gasteiger partial charge in [0.2, 0.25) is 0 Å². The van der Waals surface area contributed by atoms with E-state index < -0.39 is 0 Å². The van der Waals surface area contributed by atoms with Gasteiger partial charge < -0.3 is 19.8 Å². The molecule has 0 amide bonds. The predicted molar refractivity (Wildman–Crippen MR) is 101 cm³/mol. The van der Waals surface area contributed by atoms with Gasteiger partial charge in [-0.1, -0.05) is 0 Å². The smallest absolute Gasteiger partial charge is 0.191 e. The molecule has 0 aliphatic carbocycles. The van der Waals surface area contributed by atoms with Crippen LogP contribution in [0.3, 0.4) is 0 Å². The number of nitrogens with one attached hydrogen (secondary N) is 2. The average Bonchev–Trinajstić information content (AvgIpc) is 2.96. The molecule has 0 saturated heterocycles. The van der Waals surface area contributed by atoms with Crippen LogP contribution in [-0.2, 0) is 11.2 Å². The van der Waals surface area contributed by atoms with Gasteiger partial charge in [0.15, 0.2) is 5.96 Å². The third-order valence-corrected chi connectivity index (χ3v) is 3.23. The zero-order valence-electron chi connectivity index (χ0n) is 12.8. The highest BCUT2D eigenvalue weighted by Gasteiger charge is 1.99. The fourth-order valence-corrected chi connectivity index (χ4v) is 1.91. The van der Waals surface area contributed by atoms with Crippen LogP contribution in [0.15, 0.2) is 27.8 Å². The number of hydrogen-bond donors (Lipinski definition) is 2. The maximum Gasteiger partial charge on any atom is 0.191 e. The molecule has 0 fully saturated rings. The van der Waals surface area contributed by atoms with Crippen molar-refractivity contribution in [1.29, 1.82) is 0 Å². The number of nitrogens with zero attached hydrogens (tertiary/aromatic N) is 1. The first-order valence-electron chi connectivity index (χ1n) is 6.89. The third kappa shape index (κ3) is 10.9. The molecular weight excluding hydrogens is 401 g/mol. The van der Waals surface area contributed by atoms with Crippen molar-refractivity contribution in [2.45, 2.75) is 12.8 Å². The van der Waals surface area contributed by atoms with Crippen LogP contribution in [0, 0.1) is 0 Å². The summed E-state index contributed by atoms with van der Waals surface area (Å²) < 4.78 is 10.3. The monoisotopic (exact) mass is 427 g/mol. The number of ether oxygens (including phenoxy) is 1. The summed E-state index contributed by atoms with van der Waals surface area (Å²) in [4.78, 5) is 4.53. The highest BCUT2D eigenvalue weighted by Crippen LogP contribution is 1.99. The lowest BCUT2D eigenvalue weighted by molar-refractivity contribution is 0.197. The first-order valence-corrected chi connectivity index (χ1v) is 8.28. The summed E-state index contributed by atoms with van der Waals surface area (Å²) in [6.45, 7) is 3.23. The SMILES string of the molecule is COCCCN=C(NCCSC)NCCc1ccco1.I. The Balaban J connectivity index is 0.00000400. The molecule has 1 aromatic rings. The van der Waals surface area contributed by atoms with Crippen LogP contribution in [0.25, 0.3) is 0 Å². The number of halogens is 1. The lowest BCUT2D eigenvalue weighted by atomic mass is 10.3. The molecule has 21 heavy (non-hydrogen) atoms. The molecule has 5 nitrogen and oxygen atoms in total. The molecule has 0 spiro atoms. The fraction of sp³-hybridized carbons (Fsp3) is 0.643. The molecular formula is C14H26IN3O2S. The van der Waals surface area contributed by atoms with Gasteiger partial charge in [0.05, 0.1) is 6.26 Å². The Morgan fingerprint density at radius 3 is 2.86 bits per heavy atom. The summed E-state index contributed by atoms with van der Waals surface area (Å²) in [6.07, 6.45) is 5.59. The lowest BCUT2D eigenvalue weighted by Gasteiger charge is -2.11. The van der Waals surface area contributed by atoms with Gasteiger partial charge in [-0.3, -0.25) is 4.99 Å². The molecule has 7 heteroatoms. The Morgan fingerprint density at radius 1 is 1.38 bits per heavy atom. The van der Waals surface area contributed by atoms with Crippen molar-refractivity contribution < 1.29 is 9.15 Å². The number of furan rings is 1. The lowest BCUT2D eigenvalue weighted by Crippen LogP contribution is -2.39. The molecule has 0 aliphatic heterocycles. The van der Waals surface area contributed by atoms with Gasteiger partial charge in [-0.05, 0) is 24.8 Å². The topological polar surface area (TPSA) is 58.8 Å². The second-order valence-electron chi connectivity index (χ2n) is 4.25. The van der Waals surface area contributed by atoms with Crippen LogP contribution >= 0.6 is 35.7 Å². The number of aliphatic imine (C=N–C) groups is 1. The van der Waals surface area contributed by atoms with Crippen molar-refractivity contribution in [2.24, 2.45) is 4.99 Å². The number of rotatable bonds is 10. The van der Waals surface area contributed by atoms with E-state index in [4.69, 9.17) is 9.15 Å². The minimum absolute atomic E-state index is 0. The summed E-state index contributed by atoms with van der Waals surface area (Å²) in [5.74, 6) is 2.92. The van der Waals surface area contributed by atoms with Crippen LogP contribution in [-0.4, -0.2) is 51.3 Å². The van der Waals surface area contributed by atoms with Gasteiger partial charge in [-0.25, -0.2) is 0 Å². The number of thioether (sulfide) groups is 1. The predicted octanol–water partition coefficient (Wildman–Crippen LogP) is 2.37. The van der Waals surface area contributed by atoms with Gasteiger partial charge in [-0.2, -0.15) is 11.8 Å². The van der Waals surface area contributed by atoms with E-state index in [9.17, 15) is 0 Å². The minimum atomic E-state index is 0. The molecule has 0 unspecified atom stereocenters. The molecule has 1 rings (SSSR count). The van der Waals surface area contributed by atoms with Crippen molar-refractivity contribution in [2.75, 3.05) is 45.4 Å². The van der Waals surface area contributed by atoms with Crippen LogP contribution in [0.4, 0.5) is 0 Å². The largest absolute Gasteiger partial charge is 0.469 e. The summed E-state index contributed by atoms with van der Waals surface area (Å²) >= 11 is 1.82. The quantitative estimate of drug-likeness (QED) is 0.260. The van der Waals surface area contributed by atoms with E-state index in [1.54, 1.807) is 13.4 Å². The molecule has 0 atom stereocenters. The van der Waals surface area contributed by atoms with E-state index in [0.717, 1.165) is 56.6 Å². The van der Waals surface area contributed by atoms with Gasteiger partial charge in [0.25, 0.3) is 0 Å². The number of hydrogen-bond acceptors (Lipinski definition) is 4. The van der Waals surface area contributed by atoms with Gasteiger partial charge in [-0.15, -0.1) is 24.0 Å². The highest BCUT2D eigenvalue weighted by molar-refractivity contribution is 14.0. The second-order valence-corrected chi connectivity index (χ2v) is 5.24. The van der Waals surface area contributed by atoms with Crippen molar-refractivity contribution in [3.05, 3.63) is 24.2 Å². The standard InChI is InChI=1S/C14H25N3O2S.HI/c1-18-10-4-7-15-14(17-9-12-20-2)16-8-6-13-5-3-11-19-13;/h3,5,11H,4,6-10,12H2,1-2H3,(H2,15,16,17);1H. The third-order valence-electron chi connectivity index (χ3n) is 2.62. The molecule has 0 aromatic carbocycles. The van der Waals surface area contributed by atoms with Crippen LogP contribution < -0.4 is 10.6 Å². The van der Waals surface area contributed by atoms with Crippen molar-refractivity contribution in [1.82, 2.24) is 10.6 Å². The Labute approximate surface area is 148 Å². The van der Waals surface area contributed by atoms with Crippen molar-refractivity contribution >= 4 is 41.7 Å². The molecule has 1 heterocycles. The van der Waals surface area contributed by atoms with Crippen molar-refractivity contribution in [3.8, 4) is 0 Å². The molecule has 1 aromatic heterocycles. The van der Waals surface area contributed by atoms with E-state index in [1.807, 2.05) is 23.9 Å². The molecule has 0 bridgehead atoms. The average molecular weight is 427 g/mol. The molecule has 0 saturated carbocycles. The second kappa shape index (κ2) is 14.5. The zero-order chi connectivity index (χ0) is 14.5. The maximum absolute atomic E-state index is 5.31. The van der Waals surface area contributed by atoms with E-state index in [2.05, 4.69) is 21.9 Å². The summed E-state index contributed by atoms with van der Waals surface area (Å²) in [7, 11) is 1.71. The normalized spacial score (nSPS) is 11.0. The van der Waals surface area contributed by atoms with E-state index in [-0.39, 0.29) is 24.0 Å². The summed E-state index contributed by atoms with van der Waals surface area (Å²) in [6, 6.07) is 3.89. The van der Waals surface area contributed by atoms with Crippen LogP contribution in [0.2, 0.25) is 0 Å². The summed E-state index contributed by atoms with van der Waals surface area (Å²) in [5, 5.41) is 6.65. The van der Waals surface area contributed by atoms with Crippen LogP contribution in [0.5, 0.6) is 0 Å². The summed E-state index contributed by atoms with van der Waals surface area (Å²) in [5.41, 5.74) is 0. The molecule has 0 aliphatic rings. The Kier molecular flexibility index (Phi) is 14.2. The number of guanidine groups is 1. The molecule has 0 radical (unpaired) electrons. The Bertz CT molecular complexity index is 361. The van der Waals surface area contributed by atoms with E-state index in [0.29, 0.717) is 0 Å². The minimum Gasteiger partial charge on any atom is -0.469 e. The van der Waals surface area contributed by atoms with E-state index >= 15 is 0 Å². The Morgan fingerprint density at radius 2 is 2.19 bits per heavy atom.